The fraction of sp³-hybridized carbons (Fsp3) is 0.500. The molecule has 1 aliphatic rings. The first-order valence-corrected chi connectivity index (χ1v) is 4.21. The van der Waals surface area contributed by atoms with Crippen molar-refractivity contribution < 1.29 is 0 Å². The lowest BCUT2D eigenvalue weighted by molar-refractivity contribution is 0.420. The molecule has 1 saturated carbocycles. The topological polar surface area (TPSA) is 25.8 Å². The molecule has 2 nitrogen and oxygen atoms in total. The number of halogens is 1. The van der Waals surface area contributed by atoms with E-state index in [-0.39, 0.29) is 0 Å². The molecular weight excluding hydrogens is 160 g/mol. The summed E-state index contributed by atoms with van der Waals surface area (Å²) in [4.78, 5) is 8.01. The third kappa shape index (κ3) is 1.23. The minimum Gasteiger partial charge on any atom is -0.245 e. The van der Waals surface area contributed by atoms with Gasteiger partial charge in [-0.25, -0.2) is 9.97 Å². The SMILES string of the molecule is ClC1CCC1c1ccncn1. The third-order valence-corrected chi connectivity index (χ3v) is 2.70. The maximum atomic E-state index is 5.99. The molecule has 1 heterocycles. The van der Waals surface area contributed by atoms with Crippen LogP contribution in [0.1, 0.15) is 24.5 Å². The third-order valence-electron chi connectivity index (χ3n) is 2.17. The summed E-state index contributed by atoms with van der Waals surface area (Å²) in [7, 11) is 0. The zero-order chi connectivity index (χ0) is 7.68. The van der Waals surface area contributed by atoms with Gasteiger partial charge in [-0.1, -0.05) is 0 Å². The molecule has 3 heteroatoms. The van der Waals surface area contributed by atoms with Crippen LogP contribution < -0.4 is 0 Å². The monoisotopic (exact) mass is 168 g/mol. The van der Waals surface area contributed by atoms with Crippen LogP contribution in [0.2, 0.25) is 0 Å². The molecule has 58 valence electrons. The molecule has 11 heavy (non-hydrogen) atoms. The summed E-state index contributed by atoms with van der Waals surface area (Å²) in [6.07, 6.45) is 5.64. The van der Waals surface area contributed by atoms with Crippen LogP contribution in [0.5, 0.6) is 0 Å². The van der Waals surface area contributed by atoms with Crippen molar-refractivity contribution in [1.29, 1.82) is 0 Å². The maximum Gasteiger partial charge on any atom is 0.115 e. The number of nitrogens with zero attached hydrogens (tertiary/aromatic N) is 2. The van der Waals surface area contributed by atoms with E-state index in [0.29, 0.717) is 11.3 Å². The average Bonchev–Trinajstić information content (AvgIpc) is 2.04. The van der Waals surface area contributed by atoms with Gasteiger partial charge in [0.05, 0.1) is 0 Å². The smallest absolute Gasteiger partial charge is 0.115 e. The van der Waals surface area contributed by atoms with Crippen LogP contribution in [0.25, 0.3) is 0 Å². The quantitative estimate of drug-likeness (QED) is 0.600. The molecule has 2 unspecified atom stereocenters. The van der Waals surface area contributed by atoms with Crippen molar-refractivity contribution in [3.8, 4) is 0 Å². The van der Waals surface area contributed by atoms with Crippen molar-refractivity contribution in [2.45, 2.75) is 24.1 Å². The van der Waals surface area contributed by atoms with E-state index < -0.39 is 0 Å². The van der Waals surface area contributed by atoms with E-state index in [0.717, 1.165) is 12.1 Å². The van der Waals surface area contributed by atoms with E-state index in [4.69, 9.17) is 11.6 Å². The number of alkyl halides is 1. The van der Waals surface area contributed by atoms with Crippen LogP contribution in [0.3, 0.4) is 0 Å². The zero-order valence-electron chi connectivity index (χ0n) is 6.07. The highest BCUT2D eigenvalue weighted by Gasteiger charge is 2.30. The normalized spacial score (nSPS) is 29.5. The Hall–Kier alpha value is -0.630. The minimum atomic E-state index is 0.296. The number of hydrogen-bond donors (Lipinski definition) is 0. The van der Waals surface area contributed by atoms with E-state index in [1.165, 1.54) is 6.42 Å². The van der Waals surface area contributed by atoms with Gasteiger partial charge in [-0.2, -0.15) is 0 Å². The molecule has 2 rings (SSSR count). The summed E-state index contributed by atoms with van der Waals surface area (Å²) in [6.45, 7) is 0. The van der Waals surface area contributed by atoms with Crippen molar-refractivity contribution in [2.24, 2.45) is 0 Å². The fourth-order valence-electron chi connectivity index (χ4n) is 1.31. The molecule has 0 amide bonds. The predicted octanol–water partition coefficient (Wildman–Crippen LogP) is 1.96. The van der Waals surface area contributed by atoms with Gasteiger partial charge in [0.1, 0.15) is 6.33 Å². The van der Waals surface area contributed by atoms with Crippen molar-refractivity contribution in [1.82, 2.24) is 9.97 Å². The van der Waals surface area contributed by atoms with Crippen molar-refractivity contribution in [3.05, 3.63) is 24.3 Å². The van der Waals surface area contributed by atoms with Gasteiger partial charge in [0.15, 0.2) is 0 Å². The van der Waals surface area contributed by atoms with Crippen LogP contribution >= 0.6 is 11.6 Å². The standard InChI is InChI=1S/C8H9ClN2/c9-7-2-1-6(7)8-3-4-10-5-11-8/h3-7H,1-2H2. The van der Waals surface area contributed by atoms with Gasteiger partial charge < -0.3 is 0 Å². The van der Waals surface area contributed by atoms with Gasteiger partial charge in [-0.15, -0.1) is 11.6 Å². The molecular formula is C8H9ClN2. The van der Waals surface area contributed by atoms with Gasteiger partial charge in [0.2, 0.25) is 0 Å². The van der Waals surface area contributed by atoms with Crippen LogP contribution in [-0.2, 0) is 0 Å². The summed E-state index contributed by atoms with van der Waals surface area (Å²) < 4.78 is 0. The average molecular weight is 169 g/mol. The Balaban J connectivity index is 2.17. The van der Waals surface area contributed by atoms with Gasteiger partial charge in [-0.05, 0) is 18.9 Å². The van der Waals surface area contributed by atoms with Crippen LogP contribution in [0.15, 0.2) is 18.6 Å². The molecule has 1 aliphatic carbocycles. The van der Waals surface area contributed by atoms with Crippen LogP contribution in [-0.4, -0.2) is 15.3 Å². The summed E-state index contributed by atoms with van der Waals surface area (Å²) in [5.41, 5.74) is 1.09. The summed E-state index contributed by atoms with van der Waals surface area (Å²) >= 11 is 5.99. The molecule has 0 bridgehead atoms. The second-order valence-corrected chi connectivity index (χ2v) is 3.39. The molecule has 1 fully saturated rings. The minimum absolute atomic E-state index is 0.296. The van der Waals surface area contributed by atoms with Crippen LogP contribution in [0.4, 0.5) is 0 Å². The predicted molar refractivity (Wildman–Crippen MR) is 43.6 cm³/mol. The van der Waals surface area contributed by atoms with Crippen molar-refractivity contribution >= 4 is 11.6 Å². The molecule has 0 saturated heterocycles. The Morgan fingerprint density at radius 3 is 2.82 bits per heavy atom. The second-order valence-electron chi connectivity index (χ2n) is 2.83. The molecule has 0 aromatic carbocycles. The molecule has 1 aromatic heterocycles. The van der Waals surface area contributed by atoms with Crippen molar-refractivity contribution in [3.63, 3.8) is 0 Å². The van der Waals surface area contributed by atoms with Crippen LogP contribution in [0, 0.1) is 0 Å². The second kappa shape index (κ2) is 2.78. The summed E-state index contributed by atoms with van der Waals surface area (Å²) in [6, 6.07) is 1.94. The largest absolute Gasteiger partial charge is 0.245 e. The lowest BCUT2D eigenvalue weighted by atomic mass is 9.82. The number of rotatable bonds is 1. The van der Waals surface area contributed by atoms with E-state index in [2.05, 4.69) is 9.97 Å². The Labute approximate surface area is 70.6 Å². The first-order chi connectivity index (χ1) is 5.38. The fourth-order valence-corrected chi connectivity index (χ4v) is 1.69. The zero-order valence-corrected chi connectivity index (χ0v) is 6.83. The lowest BCUT2D eigenvalue weighted by Crippen LogP contribution is -2.24. The summed E-state index contributed by atoms with van der Waals surface area (Å²) in [5, 5.41) is 0.296. The first kappa shape index (κ1) is 7.04. The first-order valence-electron chi connectivity index (χ1n) is 3.78. The van der Waals surface area contributed by atoms with E-state index in [1.54, 1.807) is 12.5 Å². The molecule has 0 spiro atoms. The molecule has 0 N–H and O–H groups in total. The van der Waals surface area contributed by atoms with Gasteiger partial charge in [0.25, 0.3) is 0 Å². The van der Waals surface area contributed by atoms with Gasteiger partial charge in [-0.3, -0.25) is 0 Å². The molecule has 1 aromatic rings. The summed E-state index contributed by atoms with van der Waals surface area (Å²) in [5.74, 6) is 0.472. The van der Waals surface area contributed by atoms with E-state index >= 15 is 0 Å². The van der Waals surface area contributed by atoms with Gasteiger partial charge >= 0.3 is 0 Å². The Morgan fingerprint density at radius 1 is 1.45 bits per heavy atom. The van der Waals surface area contributed by atoms with Crippen molar-refractivity contribution in [2.75, 3.05) is 0 Å². The van der Waals surface area contributed by atoms with E-state index in [1.807, 2.05) is 6.07 Å². The molecule has 0 aliphatic heterocycles. The maximum absolute atomic E-state index is 5.99. The number of hydrogen-bond acceptors (Lipinski definition) is 2. The highest BCUT2D eigenvalue weighted by Crippen LogP contribution is 2.39. The van der Waals surface area contributed by atoms with Gasteiger partial charge in [0, 0.05) is 23.2 Å². The Kier molecular flexibility index (Phi) is 1.78. The Morgan fingerprint density at radius 2 is 2.36 bits per heavy atom. The Bertz CT molecular complexity index is 237. The molecule has 2 atom stereocenters. The molecule has 0 radical (unpaired) electrons. The number of aromatic nitrogens is 2. The van der Waals surface area contributed by atoms with E-state index in [9.17, 15) is 0 Å². The lowest BCUT2D eigenvalue weighted by Gasteiger charge is -2.30. The highest BCUT2D eigenvalue weighted by atomic mass is 35.5. The highest BCUT2D eigenvalue weighted by molar-refractivity contribution is 6.21.